The zero-order chi connectivity index (χ0) is 12.4. The molecule has 1 aromatic carbocycles. The highest BCUT2D eigenvalue weighted by molar-refractivity contribution is 6.09. The fraction of sp³-hybridized carbons (Fsp3) is 0.357. The second kappa shape index (κ2) is 4.72. The maximum Gasteiger partial charge on any atom is 0.178 e. The molecule has 0 spiro atoms. The van der Waals surface area contributed by atoms with Gasteiger partial charge in [-0.3, -0.25) is 4.79 Å². The SMILES string of the molecule is CCc1cccc2c(C(=O)CNC)cn(C)c12. The third-order valence-electron chi connectivity index (χ3n) is 3.10. The number of carbonyl (C=O) groups excluding carboxylic acids is 1. The van der Waals surface area contributed by atoms with Gasteiger partial charge in [-0.2, -0.15) is 0 Å². The maximum atomic E-state index is 12.0. The zero-order valence-corrected chi connectivity index (χ0v) is 10.6. The molecule has 1 aromatic heterocycles. The molecule has 0 amide bonds. The number of nitrogens with one attached hydrogen (secondary N) is 1. The molecule has 1 N–H and O–H groups in total. The minimum absolute atomic E-state index is 0.145. The minimum atomic E-state index is 0.145. The molecule has 0 aliphatic carbocycles. The Kier molecular flexibility index (Phi) is 3.29. The number of Topliss-reactive ketones (excluding diaryl/α,β-unsaturated/α-hetero) is 1. The number of hydrogen-bond acceptors (Lipinski definition) is 2. The van der Waals surface area contributed by atoms with Gasteiger partial charge in [-0.25, -0.2) is 0 Å². The first-order valence-electron chi connectivity index (χ1n) is 5.93. The molecule has 0 fully saturated rings. The fourth-order valence-corrected chi connectivity index (χ4v) is 2.32. The van der Waals surface area contributed by atoms with Crippen LogP contribution >= 0.6 is 0 Å². The maximum absolute atomic E-state index is 12.0. The van der Waals surface area contributed by atoms with Gasteiger partial charge in [-0.1, -0.05) is 25.1 Å². The summed E-state index contributed by atoms with van der Waals surface area (Å²) < 4.78 is 2.05. The molecular weight excluding hydrogens is 212 g/mol. The van der Waals surface area contributed by atoms with E-state index in [2.05, 4.69) is 22.9 Å². The third-order valence-corrected chi connectivity index (χ3v) is 3.10. The number of fused-ring (bicyclic) bond motifs is 1. The van der Waals surface area contributed by atoms with E-state index in [0.29, 0.717) is 6.54 Å². The lowest BCUT2D eigenvalue weighted by molar-refractivity contribution is 0.0995. The van der Waals surface area contributed by atoms with Crippen LogP contribution in [0.3, 0.4) is 0 Å². The molecule has 0 atom stereocenters. The second-order valence-corrected chi connectivity index (χ2v) is 4.27. The summed E-state index contributed by atoms with van der Waals surface area (Å²) in [5, 5.41) is 3.97. The molecule has 17 heavy (non-hydrogen) atoms. The number of ketones is 1. The molecule has 0 unspecified atom stereocenters. The third kappa shape index (κ3) is 1.98. The highest BCUT2D eigenvalue weighted by atomic mass is 16.1. The van der Waals surface area contributed by atoms with Crippen LogP contribution in [-0.2, 0) is 13.5 Å². The highest BCUT2D eigenvalue weighted by Gasteiger charge is 2.14. The first-order valence-corrected chi connectivity index (χ1v) is 5.93. The predicted octanol–water partition coefficient (Wildman–Crippen LogP) is 2.14. The summed E-state index contributed by atoms with van der Waals surface area (Å²) in [5.74, 6) is 0.145. The van der Waals surface area contributed by atoms with Crippen LogP contribution in [0, 0.1) is 0 Å². The molecule has 0 aliphatic heterocycles. The molecule has 3 nitrogen and oxygen atoms in total. The van der Waals surface area contributed by atoms with E-state index in [1.54, 1.807) is 7.05 Å². The average molecular weight is 230 g/mol. The van der Waals surface area contributed by atoms with Crippen LogP contribution in [0.4, 0.5) is 0 Å². The van der Waals surface area contributed by atoms with Gasteiger partial charge >= 0.3 is 0 Å². The van der Waals surface area contributed by atoms with Crippen LogP contribution in [-0.4, -0.2) is 23.9 Å². The van der Waals surface area contributed by atoms with Gasteiger partial charge in [0.15, 0.2) is 5.78 Å². The summed E-state index contributed by atoms with van der Waals surface area (Å²) in [4.78, 5) is 12.0. The quantitative estimate of drug-likeness (QED) is 0.816. The summed E-state index contributed by atoms with van der Waals surface area (Å²) in [6, 6.07) is 6.17. The van der Waals surface area contributed by atoms with Crippen molar-refractivity contribution >= 4 is 16.7 Å². The molecular formula is C14H18N2O. The Balaban J connectivity index is 2.63. The van der Waals surface area contributed by atoms with Crippen molar-refractivity contribution < 1.29 is 4.79 Å². The van der Waals surface area contributed by atoms with Gasteiger partial charge in [-0.05, 0) is 19.0 Å². The Hall–Kier alpha value is -1.61. The van der Waals surface area contributed by atoms with E-state index in [4.69, 9.17) is 0 Å². The largest absolute Gasteiger partial charge is 0.350 e. The van der Waals surface area contributed by atoms with Crippen molar-refractivity contribution in [2.75, 3.05) is 13.6 Å². The highest BCUT2D eigenvalue weighted by Crippen LogP contribution is 2.24. The molecule has 0 radical (unpaired) electrons. The van der Waals surface area contributed by atoms with Gasteiger partial charge in [0.05, 0.1) is 12.1 Å². The van der Waals surface area contributed by atoms with Crippen LogP contribution in [0.2, 0.25) is 0 Å². The lowest BCUT2D eigenvalue weighted by Crippen LogP contribution is -2.18. The normalized spacial score (nSPS) is 11.0. The molecule has 0 saturated heterocycles. The zero-order valence-electron chi connectivity index (χ0n) is 10.6. The monoisotopic (exact) mass is 230 g/mol. The number of aromatic nitrogens is 1. The Bertz CT molecular complexity index is 555. The van der Waals surface area contributed by atoms with Crippen LogP contribution in [0.5, 0.6) is 0 Å². The summed E-state index contributed by atoms with van der Waals surface area (Å²) in [5.41, 5.74) is 3.27. The summed E-state index contributed by atoms with van der Waals surface area (Å²) in [6.07, 6.45) is 2.92. The van der Waals surface area contributed by atoms with Crippen LogP contribution in [0.25, 0.3) is 10.9 Å². The number of benzene rings is 1. The molecule has 0 aliphatic rings. The molecule has 2 aromatic rings. The van der Waals surface area contributed by atoms with Crippen molar-refractivity contribution in [1.82, 2.24) is 9.88 Å². The van der Waals surface area contributed by atoms with Crippen molar-refractivity contribution in [3.63, 3.8) is 0 Å². The topological polar surface area (TPSA) is 34.0 Å². The molecule has 3 heteroatoms. The lowest BCUT2D eigenvalue weighted by atomic mass is 10.0. The van der Waals surface area contributed by atoms with Crippen molar-refractivity contribution in [3.05, 3.63) is 35.5 Å². The van der Waals surface area contributed by atoms with Gasteiger partial charge in [-0.15, -0.1) is 0 Å². The number of hydrogen-bond donors (Lipinski definition) is 1. The van der Waals surface area contributed by atoms with Crippen molar-refractivity contribution in [1.29, 1.82) is 0 Å². The van der Waals surface area contributed by atoms with E-state index >= 15 is 0 Å². The average Bonchev–Trinajstić information content (AvgIpc) is 2.67. The van der Waals surface area contributed by atoms with Gasteiger partial charge in [0, 0.05) is 24.2 Å². The molecule has 0 bridgehead atoms. The number of rotatable bonds is 4. The molecule has 90 valence electrons. The Morgan fingerprint density at radius 2 is 2.18 bits per heavy atom. The number of nitrogens with zero attached hydrogens (tertiary/aromatic N) is 1. The van der Waals surface area contributed by atoms with E-state index in [1.165, 1.54) is 11.1 Å². The first kappa shape index (κ1) is 11.9. The van der Waals surface area contributed by atoms with E-state index < -0.39 is 0 Å². The van der Waals surface area contributed by atoms with Crippen LogP contribution < -0.4 is 5.32 Å². The van der Waals surface area contributed by atoms with Gasteiger partial charge < -0.3 is 9.88 Å². The van der Waals surface area contributed by atoms with Gasteiger partial charge in [0.25, 0.3) is 0 Å². The first-order chi connectivity index (χ1) is 8.19. The second-order valence-electron chi connectivity index (χ2n) is 4.27. The fourth-order valence-electron chi connectivity index (χ4n) is 2.32. The number of para-hydroxylation sites is 1. The van der Waals surface area contributed by atoms with Crippen LogP contribution in [0.1, 0.15) is 22.8 Å². The standard InChI is InChI=1S/C14H18N2O/c1-4-10-6-5-7-11-12(13(17)8-15-2)9-16(3)14(10)11/h5-7,9,15H,4,8H2,1-3H3. The smallest absolute Gasteiger partial charge is 0.178 e. The number of aryl methyl sites for hydroxylation is 2. The molecule has 1 heterocycles. The summed E-state index contributed by atoms with van der Waals surface area (Å²) in [7, 11) is 3.79. The van der Waals surface area contributed by atoms with Gasteiger partial charge in [0.2, 0.25) is 0 Å². The predicted molar refractivity (Wildman–Crippen MR) is 70.6 cm³/mol. The van der Waals surface area contributed by atoms with Crippen molar-refractivity contribution in [2.45, 2.75) is 13.3 Å². The minimum Gasteiger partial charge on any atom is -0.350 e. The van der Waals surface area contributed by atoms with Crippen LogP contribution in [0.15, 0.2) is 24.4 Å². The number of carbonyl (C=O) groups is 1. The van der Waals surface area contributed by atoms with E-state index in [9.17, 15) is 4.79 Å². The Morgan fingerprint density at radius 3 is 2.82 bits per heavy atom. The summed E-state index contributed by atoms with van der Waals surface area (Å²) in [6.45, 7) is 2.52. The van der Waals surface area contributed by atoms with E-state index in [1.807, 2.05) is 25.4 Å². The molecule has 0 saturated carbocycles. The Morgan fingerprint density at radius 1 is 1.41 bits per heavy atom. The van der Waals surface area contributed by atoms with Crippen molar-refractivity contribution in [2.24, 2.45) is 7.05 Å². The van der Waals surface area contributed by atoms with E-state index in [-0.39, 0.29) is 5.78 Å². The van der Waals surface area contributed by atoms with Gasteiger partial charge in [0.1, 0.15) is 0 Å². The molecule has 2 rings (SSSR count). The lowest BCUT2D eigenvalue weighted by Gasteiger charge is -2.03. The van der Waals surface area contributed by atoms with Crippen molar-refractivity contribution in [3.8, 4) is 0 Å². The number of likely N-dealkylation sites (N-methyl/N-ethyl adjacent to an activating group) is 1. The van der Waals surface area contributed by atoms with E-state index in [0.717, 1.165) is 17.4 Å². The summed E-state index contributed by atoms with van der Waals surface area (Å²) >= 11 is 0. The Labute approximate surface area is 101 Å².